The molecule has 0 radical (unpaired) electrons. The largest absolute Gasteiger partial charge is 0.382 e. The summed E-state index contributed by atoms with van der Waals surface area (Å²) in [5, 5.41) is 0. The minimum absolute atomic E-state index is 0.0226. The molecule has 0 aromatic rings. The predicted octanol–water partition coefficient (Wildman–Crippen LogP) is 1.20. The molecule has 0 aromatic carbocycles. The van der Waals surface area contributed by atoms with Crippen LogP contribution in [-0.4, -0.2) is 25.9 Å². The summed E-state index contributed by atoms with van der Waals surface area (Å²) in [6.07, 6.45) is 2.32. The molecule has 0 unspecified atom stereocenters. The average Bonchev–Trinajstić information content (AvgIpc) is 2.16. The molecule has 0 N–H and O–H groups in total. The van der Waals surface area contributed by atoms with E-state index in [1.165, 1.54) is 6.42 Å². The van der Waals surface area contributed by atoms with Gasteiger partial charge in [-0.25, -0.2) is 0 Å². The first-order valence-electron chi connectivity index (χ1n) is 3.40. The van der Waals surface area contributed by atoms with Crippen molar-refractivity contribution >= 4 is 0 Å². The van der Waals surface area contributed by atoms with Crippen LogP contribution in [0.2, 0.25) is 0 Å². The van der Waals surface area contributed by atoms with Crippen LogP contribution >= 0.6 is 0 Å². The highest BCUT2D eigenvalue weighted by Gasteiger charge is 2.29. The highest BCUT2D eigenvalue weighted by Crippen LogP contribution is 2.24. The Morgan fingerprint density at radius 2 is 2.44 bits per heavy atom. The van der Waals surface area contributed by atoms with Gasteiger partial charge < -0.3 is 9.47 Å². The van der Waals surface area contributed by atoms with E-state index in [0.717, 1.165) is 19.6 Å². The van der Waals surface area contributed by atoms with Crippen LogP contribution in [0, 0.1) is 0 Å². The fraction of sp³-hybridized carbons (Fsp3) is 1.00. The quantitative estimate of drug-likeness (QED) is 0.559. The van der Waals surface area contributed by atoms with Gasteiger partial charge in [-0.2, -0.15) is 0 Å². The lowest BCUT2D eigenvalue weighted by Crippen LogP contribution is -2.28. The minimum Gasteiger partial charge on any atom is -0.382 e. The molecule has 1 saturated heterocycles. The SMILES string of the molecule is COC[C@@]1(C)CCCO1. The third-order valence-electron chi connectivity index (χ3n) is 1.75. The van der Waals surface area contributed by atoms with Crippen LogP contribution in [0.15, 0.2) is 0 Å². The molecule has 0 amide bonds. The summed E-state index contributed by atoms with van der Waals surface area (Å²) in [6, 6.07) is 0. The fourth-order valence-corrected chi connectivity index (χ4v) is 1.26. The van der Waals surface area contributed by atoms with E-state index >= 15 is 0 Å². The first-order valence-corrected chi connectivity index (χ1v) is 3.40. The van der Waals surface area contributed by atoms with Crippen LogP contribution in [0.3, 0.4) is 0 Å². The highest BCUT2D eigenvalue weighted by molar-refractivity contribution is 4.78. The van der Waals surface area contributed by atoms with E-state index in [4.69, 9.17) is 9.47 Å². The van der Waals surface area contributed by atoms with Crippen molar-refractivity contribution in [3.05, 3.63) is 0 Å². The van der Waals surface area contributed by atoms with Crippen LogP contribution < -0.4 is 0 Å². The molecule has 0 bridgehead atoms. The maximum atomic E-state index is 5.46. The summed E-state index contributed by atoms with van der Waals surface area (Å²) in [4.78, 5) is 0. The van der Waals surface area contributed by atoms with Crippen molar-refractivity contribution in [1.82, 2.24) is 0 Å². The van der Waals surface area contributed by atoms with Crippen molar-refractivity contribution in [2.45, 2.75) is 25.4 Å². The maximum absolute atomic E-state index is 5.46. The zero-order valence-electron chi connectivity index (χ0n) is 6.14. The smallest absolute Gasteiger partial charge is 0.0887 e. The predicted molar refractivity (Wildman–Crippen MR) is 35.5 cm³/mol. The van der Waals surface area contributed by atoms with Crippen molar-refractivity contribution in [3.63, 3.8) is 0 Å². The molecule has 54 valence electrons. The lowest BCUT2D eigenvalue weighted by molar-refractivity contribution is -0.0378. The molecule has 1 aliphatic rings. The summed E-state index contributed by atoms with van der Waals surface area (Å²) in [5.41, 5.74) is 0.0226. The molecule has 1 rings (SSSR count). The Balaban J connectivity index is 2.32. The van der Waals surface area contributed by atoms with Crippen LogP contribution in [0.5, 0.6) is 0 Å². The monoisotopic (exact) mass is 130 g/mol. The van der Waals surface area contributed by atoms with Crippen molar-refractivity contribution < 1.29 is 9.47 Å². The van der Waals surface area contributed by atoms with Gasteiger partial charge in [0, 0.05) is 13.7 Å². The zero-order chi connectivity index (χ0) is 6.74. The van der Waals surface area contributed by atoms with E-state index in [9.17, 15) is 0 Å². The molecular formula is C7H14O2. The van der Waals surface area contributed by atoms with Gasteiger partial charge in [-0.15, -0.1) is 0 Å². The summed E-state index contributed by atoms with van der Waals surface area (Å²) in [6.45, 7) is 3.73. The first-order chi connectivity index (χ1) is 4.27. The second-order valence-electron chi connectivity index (χ2n) is 2.83. The van der Waals surface area contributed by atoms with E-state index in [1.54, 1.807) is 7.11 Å². The second-order valence-corrected chi connectivity index (χ2v) is 2.83. The summed E-state index contributed by atoms with van der Waals surface area (Å²) in [5.74, 6) is 0. The van der Waals surface area contributed by atoms with E-state index in [1.807, 2.05) is 0 Å². The van der Waals surface area contributed by atoms with Gasteiger partial charge in [0.2, 0.25) is 0 Å². The molecule has 1 heterocycles. The number of rotatable bonds is 2. The van der Waals surface area contributed by atoms with E-state index in [-0.39, 0.29) is 5.60 Å². The normalized spacial score (nSPS) is 35.3. The Labute approximate surface area is 56.2 Å². The first kappa shape index (κ1) is 7.03. The molecule has 1 fully saturated rings. The van der Waals surface area contributed by atoms with Gasteiger partial charge in [0.05, 0.1) is 12.2 Å². The Bertz CT molecular complexity index is 84.9. The molecule has 2 heteroatoms. The summed E-state index contributed by atoms with van der Waals surface area (Å²) in [7, 11) is 1.72. The highest BCUT2D eigenvalue weighted by atomic mass is 16.5. The molecule has 9 heavy (non-hydrogen) atoms. The lowest BCUT2D eigenvalue weighted by atomic mass is 10.1. The van der Waals surface area contributed by atoms with Crippen molar-refractivity contribution in [2.24, 2.45) is 0 Å². The molecule has 1 atom stereocenters. The minimum atomic E-state index is 0.0226. The molecule has 1 aliphatic heterocycles. The van der Waals surface area contributed by atoms with Crippen molar-refractivity contribution in [2.75, 3.05) is 20.3 Å². The zero-order valence-corrected chi connectivity index (χ0v) is 6.14. The van der Waals surface area contributed by atoms with Crippen LogP contribution in [0.4, 0.5) is 0 Å². The summed E-state index contributed by atoms with van der Waals surface area (Å²) >= 11 is 0. The lowest BCUT2D eigenvalue weighted by Gasteiger charge is -2.21. The molecule has 0 saturated carbocycles. The fourth-order valence-electron chi connectivity index (χ4n) is 1.26. The van der Waals surface area contributed by atoms with Gasteiger partial charge in [-0.1, -0.05) is 0 Å². The van der Waals surface area contributed by atoms with E-state index < -0.39 is 0 Å². The number of ether oxygens (including phenoxy) is 2. The van der Waals surface area contributed by atoms with Gasteiger partial charge >= 0.3 is 0 Å². The Kier molecular flexibility index (Phi) is 2.09. The van der Waals surface area contributed by atoms with Crippen molar-refractivity contribution in [1.29, 1.82) is 0 Å². The topological polar surface area (TPSA) is 18.5 Å². The van der Waals surface area contributed by atoms with Crippen LogP contribution in [0.25, 0.3) is 0 Å². The van der Waals surface area contributed by atoms with E-state index in [0.29, 0.717) is 0 Å². The van der Waals surface area contributed by atoms with Crippen LogP contribution in [0.1, 0.15) is 19.8 Å². The number of hydrogen-bond donors (Lipinski definition) is 0. The second kappa shape index (κ2) is 2.67. The standard InChI is InChI=1S/C7H14O2/c1-7(6-8-2)4-3-5-9-7/h3-6H2,1-2H3/t7-/m1/s1. The molecule has 0 aliphatic carbocycles. The maximum Gasteiger partial charge on any atom is 0.0887 e. The van der Waals surface area contributed by atoms with Gasteiger partial charge in [-0.05, 0) is 19.8 Å². The molecular weight excluding hydrogens is 116 g/mol. The van der Waals surface area contributed by atoms with Crippen LogP contribution in [-0.2, 0) is 9.47 Å². The summed E-state index contributed by atoms with van der Waals surface area (Å²) < 4.78 is 10.5. The Hall–Kier alpha value is -0.0800. The number of methoxy groups -OCH3 is 1. The van der Waals surface area contributed by atoms with Gasteiger partial charge in [0.15, 0.2) is 0 Å². The van der Waals surface area contributed by atoms with Gasteiger partial charge in [0.1, 0.15) is 0 Å². The third kappa shape index (κ3) is 1.66. The third-order valence-corrected chi connectivity index (χ3v) is 1.75. The molecule has 0 spiro atoms. The Morgan fingerprint density at radius 1 is 1.67 bits per heavy atom. The van der Waals surface area contributed by atoms with E-state index in [2.05, 4.69) is 6.92 Å². The van der Waals surface area contributed by atoms with Gasteiger partial charge in [0.25, 0.3) is 0 Å². The van der Waals surface area contributed by atoms with Gasteiger partial charge in [-0.3, -0.25) is 0 Å². The molecule has 2 nitrogen and oxygen atoms in total. The average molecular weight is 130 g/mol. The number of hydrogen-bond acceptors (Lipinski definition) is 2. The molecule has 0 aromatic heterocycles. The van der Waals surface area contributed by atoms with Crippen molar-refractivity contribution in [3.8, 4) is 0 Å². The Morgan fingerprint density at radius 3 is 2.89 bits per heavy atom.